The molecule has 23 heavy (non-hydrogen) atoms. The fourth-order valence-corrected chi connectivity index (χ4v) is 2.95. The number of methoxy groups -OCH3 is 1. The van der Waals surface area contributed by atoms with Crippen molar-refractivity contribution in [3.05, 3.63) is 54.1 Å². The highest BCUT2D eigenvalue weighted by atomic mass is 16.5. The lowest BCUT2D eigenvalue weighted by molar-refractivity contribution is 0.358. The Hall–Kier alpha value is -2.26. The minimum absolute atomic E-state index is 0.887. The molecule has 1 aromatic heterocycles. The van der Waals surface area contributed by atoms with Crippen LogP contribution in [0, 0.1) is 0 Å². The number of hydrogen-bond donors (Lipinski definition) is 1. The smallest absolute Gasteiger partial charge is 0.119 e. The molecule has 120 valence electrons. The van der Waals surface area contributed by atoms with E-state index in [1.807, 2.05) is 12.1 Å². The zero-order valence-corrected chi connectivity index (χ0v) is 14.1. The summed E-state index contributed by atoms with van der Waals surface area (Å²) in [6, 6.07) is 16.8. The number of hydrogen-bond acceptors (Lipinski definition) is 2. The summed E-state index contributed by atoms with van der Waals surface area (Å²) in [7, 11) is 3.88. The van der Waals surface area contributed by atoms with Crippen LogP contribution in [0.4, 0.5) is 0 Å². The van der Waals surface area contributed by atoms with Gasteiger partial charge < -0.3 is 14.6 Å². The van der Waals surface area contributed by atoms with Crippen molar-refractivity contribution in [3.8, 4) is 17.0 Å². The highest BCUT2D eigenvalue weighted by Crippen LogP contribution is 2.32. The van der Waals surface area contributed by atoms with Gasteiger partial charge in [0.15, 0.2) is 0 Å². The zero-order valence-electron chi connectivity index (χ0n) is 14.1. The van der Waals surface area contributed by atoms with Crippen LogP contribution >= 0.6 is 0 Å². The van der Waals surface area contributed by atoms with Gasteiger partial charge in [0, 0.05) is 28.7 Å². The van der Waals surface area contributed by atoms with E-state index in [0.29, 0.717) is 0 Å². The molecule has 3 nitrogen and oxygen atoms in total. The van der Waals surface area contributed by atoms with Crippen LogP contribution in [-0.4, -0.2) is 37.1 Å². The first-order valence-electron chi connectivity index (χ1n) is 8.15. The van der Waals surface area contributed by atoms with Gasteiger partial charge in [0.25, 0.3) is 0 Å². The maximum absolute atomic E-state index is 5.38. The summed E-state index contributed by atoms with van der Waals surface area (Å²) in [6.07, 6.45) is 1.03. The molecule has 3 aromatic rings. The van der Waals surface area contributed by atoms with E-state index in [0.717, 1.165) is 25.3 Å². The van der Waals surface area contributed by atoms with Crippen molar-refractivity contribution in [2.45, 2.75) is 13.3 Å². The number of nitrogens with one attached hydrogen (secondary N) is 1. The van der Waals surface area contributed by atoms with Crippen LogP contribution in [0.15, 0.2) is 48.5 Å². The number of para-hydroxylation sites is 1. The van der Waals surface area contributed by atoms with E-state index in [1.54, 1.807) is 7.11 Å². The van der Waals surface area contributed by atoms with Gasteiger partial charge in [-0.1, -0.05) is 37.3 Å². The molecule has 0 spiro atoms. The molecule has 0 saturated heterocycles. The van der Waals surface area contributed by atoms with Gasteiger partial charge in [-0.15, -0.1) is 0 Å². The van der Waals surface area contributed by atoms with Crippen molar-refractivity contribution in [2.75, 3.05) is 27.2 Å². The lowest BCUT2D eigenvalue weighted by atomic mass is 10.0. The molecular weight excluding hydrogens is 284 g/mol. The van der Waals surface area contributed by atoms with E-state index in [1.165, 1.54) is 27.7 Å². The zero-order chi connectivity index (χ0) is 16.2. The standard InChI is InChI=1S/C20H24N2O/c1-4-22(2)13-12-18-17-10-5-6-11-19(17)21-20(18)15-8-7-9-16(14-15)23-3/h5-11,14,21H,4,12-13H2,1-3H3. The Morgan fingerprint density at radius 3 is 2.70 bits per heavy atom. The Morgan fingerprint density at radius 2 is 1.91 bits per heavy atom. The van der Waals surface area contributed by atoms with Crippen LogP contribution in [0.5, 0.6) is 5.75 Å². The minimum atomic E-state index is 0.887. The van der Waals surface area contributed by atoms with E-state index in [2.05, 4.69) is 60.3 Å². The highest BCUT2D eigenvalue weighted by Gasteiger charge is 2.13. The molecule has 1 N–H and O–H groups in total. The number of aromatic nitrogens is 1. The minimum Gasteiger partial charge on any atom is -0.497 e. The van der Waals surface area contributed by atoms with Crippen molar-refractivity contribution in [1.82, 2.24) is 9.88 Å². The summed E-state index contributed by atoms with van der Waals surface area (Å²) in [6.45, 7) is 4.31. The van der Waals surface area contributed by atoms with Crippen LogP contribution in [-0.2, 0) is 6.42 Å². The molecule has 0 bridgehead atoms. The van der Waals surface area contributed by atoms with Crippen molar-refractivity contribution in [1.29, 1.82) is 0 Å². The second-order valence-electron chi connectivity index (χ2n) is 5.90. The molecule has 2 aromatic carbocycles. The number of benzene rings is 2. The molecule has 1 heterocycles. The van der Waals surface area contributed by atoms with Crippen LogP contribution in [0.2, 0.25) is 0 Å². The molecule has 0 aliphatic heterocycles. The molecule has 0 saturated carbocycles. The number of aromatic amines is 1. The summed E-state index contributed by atoms with van der Waals surface area (Å²) < 4.78 is 5.38. The average molecular weight is 308 g/mol. The third kappa shape index (κ3) is 3.25. The number of nitrogens with zero attached hydrogens (tertiary/aromatic N) is 1. The predicted octanol–water partition coefficient (Wildman–Crippen LogP) is 4.34. The molecule has 0 amide bonds. The second kappa shape index (κ2) is 6.88. The predicted molar refractivity (Wildman–Crippen MR) is 97.2 cm³/mol. The first kappa shape index (κ1) is 15.6. The Morgan fingerprint density at radius 1 is 1.09 bits per heavy atom. The van der Waals surface area contributed by atoms with Gasteiger partial charge in [-0.2, -0.15) is 0 Å². The summed E-state index contributed by atoms with van der Waals surface area (Å²) in [5.74, 6) is 0.887. The largest absolute Gasteiger partial charge is 0.497 e. The van der Waals surface area contributed by atoms with Crippen LogP contribution in [0.1, 0.15) is 12.5 Å². The van der Waals surface area contributed by atoms with E-state index < -0.39 is 0 Å². The molecule has 0 aliphatic rings. The van der Waals surface area contributed by atoms with Crippen molar-refractivity contribution in [3.63, 3.8) is 0 Å². The van der Waals surface area contributed by atoms with E-state index in [4.69, 9.17) is 4.74 Å². The highest BCUT2D eigenvalue weighted by molar-refractivity contribution is 5.91. The number of likely N-dealkylation sites (N-methyl/N-ethyl adjacent to an activating group) is 1. The maximum atomic E-state index is 5.38. The molecule has 0 fully saturated rings. The lowest BCUT2D eigenvalue weighted by Crippen LogP contribution is -2.20. The normalized spacial score (nSPS) is 11.3. The summed E-state index contributed by atoms with van der Waals surface area (Å²) in [5, 5.41) is 1.31. The summed E-state index contributed by atoms with van der Waals surface area (Å²) in [4.78, 5) is 5.94. The number of rotatable bonds is 6. The van der Waals surface area contributed by atoms with Crippen LogP contribution in [0.3, 0.4) is 0 Å². The molecule has 3 rings (SSSR count). The Bertz CT molecular complexity index is 791. The Balaban J connectivity index is 2.07. The van der Waals surface area contributed by atoms with Crippen LogP contribution in [0.25, 0.3) is 22.2 Å². The van der Waals surface area contributed by atoms with E-state index >= 15 is 0 Å². The van der Waals surface area contributed by atoms with Crippen LogP contribution < -0.4 is 4.74 Å². The van der Waals surface area contributed by atoms with Gasteiger partial charge in [-0.3, -0.25) is 0 Å². The third-order valence-corrected chi connectivity index (χ3v) is 4.46. The topological polar surface area (TPSA) is 28.3 Å². The fourth-order valence-electron chi connectivity index (χ4n) is 2.95. The first-order valence-corrected chi connectivity index (χ1v) is 8.15. The Labute approximate surface area is 137 Å². The van der Waals surface area contributed by atoms with Gasteiger partial charge in [0.1, 0.15) is 5.75 Å². The Kier molecular flexibility index (Phi) is 4.68. The number of fused-ring (bicyclic) bond motifs is 1. The van der Waals surface area contributed by atoms with Crippen molar-refractivity contribution >= 4 is 10.9 Å². The summed E-state index contributed by atoms with van der Waals surface area (Å²) >= 11 is 0. The summed E-state index contributed by atoms with van der Waals surface area (Å²) in [5.41, 5.74) is 4.96. The van der Waals surface area contributed by atoms with E-state index in [-0.39, 0.29) is 0 Å². The van der Waals surface area contributed by atoms with Gasteiger partial charge >= 0.3 is 0 Å². The molecule has 0 atom stereocenters. The maximum Gasteiger partial charge on any atom is 0.119 e. The average Bonchev–Trinajstić information content (AvgIpc) is 2.98. The van der Waals surface area contributed by atoms with Gasteiger partial charge in [0.05, 0.1) is 7.11 Å². The first-order chi connectivity index (χ1) is 11.2. The number of H-pyrrole nitrogens is 1. The quantitative estimate of drug-likeness (QED) is 0.734. The molecule has 0 aliphatic carbocycles. The van der Waals surface area contributed by atoms with Gasteiger partial charge in [0.2, 0.25) is 0 Å². The fraction of sp³-hybridized carbons (Fsp3) is 0.300. The number of ether oxygens (including phenoxy) is 1. The monoisotopic (exact) mass is 308 g/mol. The molecule has 0 radical (unpaired) electrons. The lowest BCUT2D eigenvalue weighted by Gasteiger charge is -2.14. The van der Waals surface area contributed by atoms with Crippen molar-refractivity contribution in [2.24, 2.45) is 0 Å². The second-order valence-corrected chi connectivity index (χ2v) is 5.90. The SMILES string of the molecule is CCN(C)CCc1c(-c2cccc(OC)c2)[nH]c2ccccc12. The molecule has 3 heteroatoms. The van der Waals surface area contributed by atoms with Gasteiger partial charge in [-0.05, 0) is 43.8 Å². The molecular formula is C20H24N2O. The van der Waals surface area contributed by atoms with Gasteiger partial charge in [-0.25, -0.2) is 0 Å². The third-order valence-electron chi connectivity index (χ3n) is 4.46. The van der Waals surface area contributed by atoms with Crippen molar-refractivity contribution < 1.29 is 4.74 Å². The van der Waals surface area contributed by atoms with E-state index in [9.17, 15) is 0 Å². The molecule has 0 unspecified atom stereocenters.